The molecule has 1 atom stereocenters. The fourth-order valence-electron chi connectivity index (χ4n) is 2.28. The van der Waals surface area contributed by atoms with Gasteiger partial charge in [-0.15, -0.1) is 0 Å². The number of nitrogens with one attached hydrogen (secondary N) is 1. The van der Waals surface area contributed by atoms with Gasteiger partial charge in [-0.3, -0.25) is 5.01 Å². The van der Waals surface area contributed by atoms with Crippen LogP contribution in [0.15, 0.2) is 35.5 Å². The predicted octanol–water partition coefficient (Wildman–Crippen LogP) is 1.64. The molecule has 6 nitrogen and oxygen atoms in total. The van der Waals surface area contributed by atoms with Crippen molar-refractivity contribution in [3.05, 3.63) is 41.1 Å². The molecule has 1 aliphatic heterocycles. The van der Waals surface area contributed by atoms with Gasteiger partial charge in [0.2, 0.25) is 0 Å². The molecule has 0 unspecified atom stereocenters. The van der Waals surface area contributed by atoms with Crippen molar-refractivity contribution in [2.75, 3.05) is 13.7 Å². The lowest BCUT2D eigenvalue weighted by molar-refractivity contribution is -0.139. The summed E-state index contributed by atoms with van der Waals surface area (Å²) < 4.78 is 10.3. The molecule has 22 heavy (non-hydrogen) atoms. The van der Waals surface area contributed by atoms with Gasteiger partial charge in [0.05, 0.1) is 25.3 Å². The molecule has 0 spiro atoms. The average Bonchev–Trinajstić information content (AvgIpc) is 2.52. The molecule has 2 rings (SSSR count). The van der Waals surface area contributed by atoms with Crippen LogP contribution in [0.25, 0.3) is 0 Å². The van der Waals surface area contributed by atoms with E-state index in [4.69, 9.17) is 27.5 Å². The molecular formula is C15H19N3O3S. The maximum atomic E-state index is 12.3. The van der Waals surface area contributed by atoms with E-state index in [1.165, 1.54) is 5.01 Å². The Morgan fingerprint density at radius 3 is 2.59 bits per heavy atom. The van der Waals surface area contributed by atoms with Gasteiger partial charge in [-0.1, -0.05) is 12.1 Å². The molecule has 0 saturated heterocycles. The molecule has 1 aromatic rings. The first kappa shape index (κ1) is 16.3. The van der Waals surface area contributed by atoms with Crippen LogP contribution in [0.5, 0.6) is 5.75 Å². The lowest BCUT2D eigenvalue weighted by Crippen LogP contribution is -2.50. The Labute approximate surface area is 134 Å². The summed E-state index contributed by atoms with van der Waals surface area (Å²) in [4.78, 5) is 12.3. The van der Waals surface area contributed by atoms with E-state index in [2.05, 4.69) is 5.32 Å². The summed E-state index contributed by atoms with van der Waals surface area (Å²) in [6.45, 7) is 3.80. The first-order chi connectivity index (χ1) is 10.5. The Balaban J connectivity index is 2.45. The van der Waals surface area contributed by atoms with Crippen molar-refractivity contribution < 1.29 is 14.3 Å². The van der Waals surface area contributed by atoms with Gasteiger partial charge in [0.25, 0.3) is 0 Å². The molecule has 0 radical (unpaired) electrons. The van der Waals surface area contributed by atoms with E-state index in [1.807, 2.05) is 24.3 Å². The first-order valence-corrected chi connectivity index (χ1v) is 7.27. The van der Waals surface area contributed by atoms with Crippen LogP contribution in [0.2, 0.25) is 0 Å². The molecule has 0 amide bonds. The maximum absolute atomic E-state index is 12.3. The van der Waals surface area contributed by atoms with E-state index in [0.717, 1.165) is 11.3 Å². The number of methoxy groups -OCH3 is 1. The van der Waals surface area contributed by atoms with E-state index < -0.39 is 12.0 Å². The third kappa shape index (κ3) is 3.05. The number of thiocarbonyl (C=S) groups is 1. The Hall–Kier alpha value is -2.12. The van der Waals surface area contributed by atoms with Crippen molar-refractivity contribution in [1.82, 2.24) is 10.3 Å². The molecule has 0 saturated carbocycles. The minimum atomic E-state index is -0.411. The third-order valence-electron chi connectivity index (χ3n) is 3.47. The number of hydrazine groups is 1. The highest BCUT2D eigenvalue weighted by atomic mass is 32.1. The third-order valence-corrected chi connectivity index (χ3v) is 3.79. The number of esters is 1. The fraction of sp³-hybridized carbons (Fsp3) is 0.333. The first-order valence-electron chi connectivity index (χ1n) is 6.86. The average molecular weight is 321 g/mol. The number of nitrogens with zero attached hydrogens (tertiary/aromatic N) is 1. The van der Waals surface area contributed by atoms with Crippen LogP contribution in [-0.4, -0.2) is 29.8 Å². The van der Waals surface area contributed by atoms with Crippen molar-refractivity contribution in [2.24, 2.45) is 5.84 Å². The van der Waals surface area contributed by atoms with Crippen LogP contribution in [-0.2, 0) is 9.53 Å². The van der Waals surface area contributed by atoms with Gasteiger partial charge in [-0.2, -0.15) is 0 Å². The Bertz CT molecular complexity index is 613. The van der Waals surface area contributed by atoms with Gasteiger partial charge in [-0.05, 0) is 43.8 Å². The van der Waals surface area contributed by atoms with Crippen molar-refractivity contribution in [2.45, 2.75) is 19.9 Å². The number of ether oxygens (including phenoxy) is 2. The van der Waals surface area contributed by atoms with E-state index in [1.54, 1.807) is 21.0 Å². The topological polar surface area (TPSA) is 76.8 Å². The zero-order valence-corrected chi connectivity index (χ0v) is 13.6. The van der Waals surface area contributed by atoms with Crippen LogP contribution in [0, 0.1) is 0 Å². The second-order valence-corrected chi connectivity index (χ2v) is 5.13. The molecule has 1 heterocycles. The highest BCUT2D eigenvalue weighted by molar-refractivity contribution is 7.80. The van der Waals surface area contributed by atoms with Gasteiger partial charge >= 0.3 is 5.97 Å². The quantitative estimate of drug-likeness (QED) is 0.496. The summed E-state index contributed by atoms with van der Waals surface area (Å²) in [7, 11) is 1.60. The normalized spacial score (nSPS) is 18.1. The second kappa shape index (κ2) is 6.76. The molecule has 0 fully saturated rings. The molecule has 0 aliphatic carbocycles. The molecule has 7 heteroatoms. The molecule has 1 aromatic carbocycles. The number of carbonyl (C=O) groups excluding carboxylic acids is 1. The SMILES string of the molecule is CCOC(=O)C1=C(C)N(N)C(=S)N[C@@H]1c1ccc(OC)cc1. The lowest BCUT2D eigenvalue weighted by atomic mass is 9.95. The van der Waals surface area contributed by atoms with Crippen LogP contribution in [0.4, 0.5) is 0 Å². The van der Waals surface area contributed by atoms with Crippen molar-refractivity contribution in [3.8, 4) is 5.75 Å². The zero-order chi connectivity index (χ0) is 16.3. The minimum absolute atomic E-state index is 0.292. The van der Waals surface area contributed by atoms with E-state index >= 15 is 0 Å². The number of rotatable bonds is 4. The number of hydrogen-bond donors (Lipinski definition) is 2. The summed E-state index contributed by atoms with van der Waals surface area (Å²) in [5, 5.41) is 4.71. The molecule has 3 N–H and O–H groups in total. The number of hydrogen-bond acceptors (Lipinski definition) is 5. The summed E-state index contributed by atoms with van der Waals surface area (Å²) in [5.41, 5.74) is 1.89. The van der Waals surface area contributed by atoms with Crippen LogP contribution in [0.3, 0.4) is 0 Å². The van der Waals surface area contributed by atoms with Gasteiger partial charge in [0, 0.05) is 5.70 Å². The monoisotopic (exact) mass is 321 g/mol. The standard InChI is InChI=1S/C15H19N3O3S/c1-4-21-14(19)12-9(2)18(16)15(22)17-13(12)10-5-7-11(20-3)8-6-10/h5-8,13H,4,16H2,1-3H3,(H,17,22)/t13-/m1/s1. The van der Waals surface area contributed by atoms with Gasteiger partial charge in [-0.25, -0.2) is 10.6 Å². The Kier molecular flexibility index (Phi) is 4.99. The number of benzene rings is 1. The highest BCUT2D eigenvalue weighted by Gasteiger charge is 2.33. The maximum Gasteiger partial charge on any atom is 0.338 e. The molecule has 0 bridgehead atoms. The molecule has 0 aromatic heterocycles. The van der Waals surface area contributed by atoms with Crippen LogP contribution in [0.1, 0.15) is 25.5 Å². The molecule has 118 valence electrons. The highest BCUT2D eigenvalue weighted by Crippen LogP contribution is 2.30. The smallest absolute Gasteiger partial charge is 0.338 e. The fourth-order valence-corrected chi connectivity index (χ4v) is 2.53. The number of allylic oxidation sites excluding steroid dienone is 1. The Morgan fingerprint density at radius 1 is 1.41 bits per heavy atom. The molecule has 1 aliphatic rings. The number of carbonyl (C=O) groups is 1. The summed E-state index contributed by atoms with van der Waals surface area (Å²) >= 11 is 5.21. The van der Waals surface area contributed by atoms with Crippen molar-refractivity contribution in [3.63, 3.8) is 0 Å². The van der Waals surface area contributed by atoms with E-state index in [9.17, 15) is 4.79 Å². The van der Waals surface area contributed by atoms with Crippen LogP contribution < -0.4 is 15.9 Å². The van der Waals surface area contributed by atoms with E-state index in [-0.39, 0.29) is 0 Å². The number of nitrogens with two attached hydrogens (primary N) is 1. The summed E-state index contributed by atoms with van der Waals surface area (Å²) in [5.74, 6) is 6.20. The zero-order valence-electron chi connectivity index (χ0n) is 12.8. The second-order valence-electron chi connectivity index (χ2n) is 4.75. The Morgan fingerprint density at radius 2 is 2.05 bits per heavy atom. The predicted molar refractivity (Wildman–Crippen MR) is 86.8 cm³/mol. The summed E-state index contributed by atoms with van der Waals surface area (Å²) in [6, 6.07) is 6.99. The van der Waals surface area contributed by atoms with Crippen molar-refractivity contribution in [1.29, 1.82) is 0 Å². The lowest BCUT2D eigenvalue weighted by Gasteiger charge is -2.34. The van der Waals surface area contributed by atoms with Crippen LogP contribution >= 0.6 is 12.2 Å². The van der Waals surface area contributed by atoms with Gasteiger partial charge in [0.1, 0.15) is 5.75 Å². The molecular weight excluding hydrogens is 302 g/mol. The summed E-state index contributed by atoms with van der Waals surface area (Å²) in [6.07, 6.45) is 0. The minimum Gasteiger partial charge on any atom is -0.497 e. The van der Waals surface area contributed by atoms with Gasteiger partial charge < -0.3 is 14.8 Å². The van der Waals surface area contributed by atoms with E-state index in [0.29, 0.717) is 23.0 Å². The van der Waals surface area contributed by atoms with Gasteiger partial charge in [0.15, 0.2) is 5.11 Å². The van der Waals surface area contributed by atoms with Crippen molar-refractivity contribution >= 4 is 23.3 Å². The largest absolute Gasteiger partial charge is 0.497 e.